The van der Waals surface area contributed by atoms with Gasteiger partial charge >= 0.3 is 0 Å². The minimum absolute atomic E-state index is 0.134. The van der Waals surface area contributed by atoms with Crippen LogP contribution < -0.4 is 27.1 Å². The molecule has 154 valence electrons. The number of nitrogen functional groups attached to an aromatic ring is 2. The number of benzene rings is 2. The monoisotopic (exact) mass is 408 g/mol. The number of nitrogens with two attached hydrogens (primary N) is 2. The number of halogens is 1. The van der Waals surface area contributed by atoms with E-state index in [2.05, 4.69) is 20.7 Å². The van der Waals surface area contributed by atoms with Crippen molar-refractivity contribution in [2.45, 2.75) is 12.8 Å². The molecule has 0 saturated heterocycles. The number of anilines is 3. The lowest BCUT2D eigenvalue weighted by Gasteiger charge is -2.10. The fourth-order valence-electron chi connectivity index (χ4n) is 2.82. The van der Waals surface area contributed by atoms with Crippen molar-refractivity contribution in [2.24, 2.45) is 11.8 Å². The van der Waals surface area contributed by atoms with Gasteiger partial charge in [-0.15, -0.1) is 0 Å². The fourth-order valence-corrected chi connectivity index (χ4v) is 2.82. The van der Waals surface area contributed by atoms with Crippen LogP contribution in [0.5, 0.6) is 5.75 Å². The molecule has 6 N–H and O–H groups in total. The summed E-state index contributed by atoms with van der Waals surface area (Å²) in [5.41, 5.74) is 9.38. The SMILES string of the molecule is NNc1cnc(-c2ccc(F)c(C(=O)Nc3ccc(OCC4CC4)cc3)c2)nc1N. The van der Waals surface area contributed by atoms with Crippen LogP contribution >= 0.6 is 0 Å². The maximum Gasteiger partial charge on any atom is 0.258 e. The summed E-state index contributed by atoms with van der Waals surface area (Å²) in [5.74, 6) is 5.85. The summed E-state index contributed by atoms with van der Waals surface area (Å²) in [7, 11) is 0. The predicted octanol–water partition coefficient (Wildman–Crippen LogP) is 3.19. The van der Waals surface area contributed by atoms with E-state index >= 15 is 0 Å². The second-order valence-electron chi connectivity index (χ2n) is 7.06. The van der Waals surface area contributed by atoms with Crippen molar-refractivity contribution >= 4 is 23.1 Å². The third kappa shape index (κ3) is 4.47. The fraction of sp³-hybridized carbons (Fsp3) is 0.190. The number of carbonyl (C=O) groups excluding carboxylic acids is 1. The van der Waals surface area contributed by atoms with Crippen molar-refractivity contribution in [1.82, 2.24) is 9.97 Å². The number of amides is 1. The maximum absolute atomic E-state index is 14.3. The van der Waals surface area contributed by atoms with Gasteiger partial charge in [-0.3, -0.25) is 10.6 Å². The smallest absolute Gasteiger partial charge is 0.258 e. The first-order valence-electron chi connectivity index (χ1n) is 9.47. The molecular formula is C21H21FN6O2. The Morgan fingerprint density at radius 3 is 2.63 bits per heavy atom. The van der Waals surface area contributed by atoms with Crippen LogP contribution in [0.4, 0.5) is 21.6 Å². The Morgan fingerprint density at radius 2 is 1.97 bits per heavy atom. The molecule has 0 aliphatic heterocycles. The molecule has 1 aliphatic rings. The number of rotatable bonds is 7. The first-order valence-corrected chi connectivity index (χ1v) is 9.47. The van der Waals surface area contributed by atoms with E-state index in [0.29, 0.717) is 29.5 Å². The maximum atomic E-state index is 14.3. The van der Waals surface area contributed by atoms with Gasteiger partial charge in [-0.25, -0.2) is 14.4 Å². The highest BCUT2D eigenvalue weighted by Crippen LogP contribution is 2.30. The van der Waals surface area contributed by atoms with Gasteiger partial charge in [0.25, 0.3) is 5.91 Å². The third-order valence-electron chi connectivity index (χ3n) is 4.74. The second-order valence-corrected chi connectivity index (χ2v) is 7.06. The van der Waals surface area contributed by atoms with Crippen molar-refractivity contribution < 1.29 is 13.9 Å². The van der Waals surface area contributed by atoms with Crippen LogP contribution in [-0.2, 0) is 0 Å². The lowest BCUT2D eigenvalue weighted by Crippen LogP contribution is -2.14. The van der Waals surface area contributed by atoms with Crippen LogP contribution in [0.2, 0.25) is 0 Å². The van der Waals surface area contributed by atoms with Crippen molar-refractivity contribution in [3.05, 3.63) is 60.0 Å². The Balaban J connectivity index is 1.49. The van der Waals surface area contributed by atoms with Crippen molar-refractivity contribution in [2.75, 3.05) is 23.1 Å². The lowest BCUT2D eigenvalue weighted by molar-refractivity contribution is 0.102. The number of carbonyl (C=O) groups is 1. The first kappa shape index (κ1) is 19.6. The van der Waals surface area contributed by atoms with Crippen LogP contribution in [-0.4, -0.2) is 22.5 Å². The van der Waals surface area contributed by atoms with Gasteiger partial charge in [0.15, 0.2) is 11.6 Å². The first-order chi connectivity index (χ1) is 14.5. The van der Waals surface area contributed by atoms with Crippen LogP contribution in [0.1, 0.15) is 23.2 Å². The molecule has 1 aliphatic carbocycles. The average molecular weight is 408 g/mol. The highest BCUT2D eigenvalue weighted by atomic mass is 19.1. The van der Waals surface area contributed by atoms with Gasteiger partial charge in [0, 0.05) is 11.3 Å². The second kappa shape index (κ2) is 8.34. The normalized spacial score (nSPS) is 13.0. The van der Waals surface area contributed by atoms with Gasteiger partial charge in [-0.2, -0.15) is 0 Å². The van der Waals surface area contributed by atoms with E-state index in [9.17, 15) is 9.18 Å². The highest BCUT2D eigenvalue weighted by Gasteiger charge is 2.22. The Kier molecular flexibility index (Phi) is 5.44. The summed E-state index contributed by atoms with van der Waals surface area (Å²) >= 11 is 0. The zero-order valence-electron chi connectivity index (χ0n) is 16.1. The van der Waals surface area contributed by atoms with Crippen LogP contribution in [0.15, 0.2) is 48.7 Å². The van der Waals surface area contributed by atoms with Crippen molar-refractivity contribution in [3.63, 3.8) is 0 Å². The molecule has 0 atom stereocenters. The molecule has 0 bridgehead atoms. The van der Waals surface area contributed by atoms with E-state index in [-0.39, 0.29) is 17.2 Å². The molecule has 1 heterocycles. The molecule has 0 spiro atoms. The minimum atomic E-state index is -0.658. The lowest BCUT2D eigenvalue weighted by atomic mass is 10.1. The summed E-state index contributed by atoms with van der Waals surface area (Å²) < 4.78 is 20.0. The van der Waals surface area contributed by atoms with Crippen molar-refractivity contribution in [3.8, 4) is 17.1 Å². The molecule has 1 saturated carbocycles. The average Bonchev–Trinajstić information content (AvgIpc) is 3.58. The number of hydrazine groups is 1. The van der Waals surface area contributed by atoms with E-state index in [1.807, 2.05) is 0 Å². The number of aromatic nitrogens is 2. The van der Waals surface area contributed by atoms with Crippen LogP contribution in [0.25, 0.3) is 11.4 Å². The Bertz CT molecular complexity index is 1070. The number of ether oxygens (including phenoxy) is 1. The molecule has 3 aromatic rings. The molecule has 9 heteroatoms. The van der Waals surface area contributed by atoms with Gasteiger partial charge in [-0.05, 0) is 61.2 Å². The van der Waals surface area contributed by atoms with E-state index in [1.54, 1.807) is 24.3 Å². The molecule has 1 amide bonds. The highest BCUT2D eigenvalue weighted by molar-refractivity contribution is 6.05. The number of hydrogen-bond donors (Lipinski definition) is 4. The molecule has 0 radical (unpaired) electrons. The number of nitrogens with one attached hydrogen (secondary N) is 2. The summed E-state index contributed by atoms with van der Waals surface area (Å²) in [6, 6.07) is 11.0. The Labute approximate surface area is 172 Å². The largest absolute Gasteiger partial charge is 0.493 e. The van der Waals surface area contributed by atoms with E-state index in [1.165, 1.54) is 37.2 Å². The molecular weight excluding hydrogens is 387 g/mol. The number of hydrogen-bond acceptors (Lipinski definition) is 7. The van der Waals surface area contributed by atoms with E-state index in [0.717, 1.165) is 5.75 Å². The molecule has 4 rings (SSSR count). The van der Waals surface area contributed by atoms with Gasteiger partial charge in [0.2, 0.25) is 0 Å². The summed E-state index contributed by atoms with van der Waals surface area (Å²) in [4.78, 5) is 20.9. The summed E-state index contributed by atoms with van der Waals surface area (Å²) in [5, 5.41) is 2.69. The molecule has 1 aromatic heterocycles. The standard InChI is InChI=1S/C21H21FN6O2/c22-17-8-3-13(20-25-10-18(28-24)19(23)27-20)9-16(17)21(29)26-14-4-6-15(7-5-14)30-11-12-1-2-12/h3-10,12,28H,1-2,11,24H2,(H,26,29)(H2,23,25,27). The molecule has 8 nitrogen and oxygen atoms in total. The molecule has 30 heavy (non-hydrogen) atoms. The zero-order valence-corrected chi connectivity index (χ0v) is 16.1. The van der Waals surface area contributed by atoms with Gasteiger partial charge in [0.05, 0.1) is 18.4 Å². The van der Waals surface area contributed by atoms with Crippen LogP contribution in [0.3, 0.4) is 0 Å². The topological polar surface area (TPSA) is 128 Å². The molecule has 2 aromatic carbocycles. The minimum Gasteiger partial charge on any atom is -0.493 e. The molecule has 1 fully saturated rings. The van der Waals surface area contributed by atoms with E-state index < -0.39 is 11.7 Å². The predicted molar refractivity (Wildman–Crippen MR) is 112 cm³/mol. The summed E-state index contributed by atoms with van der Waals surface area (Å²) in [6.45, 7) is 0.707. The Morgan fingerprint density at radius 1 is 1.20 bits per heavy atom. The Hall–Kier alpha value is -3.72. The van der Waals surface area contributed by atoms with Gasteiger partial charge in [-0.1, -0.05) is 0 Å². The van der Waals surface area contributed by atoms with E-state index in [4.69, 9.17) is 16.3 Å². The molecule has 0 unspecified atom stereocenters. The van der Waals surface area contributed by atoms with Crippen molar-refractivity contribution in [1.29, 1.82) is 0 Å². The van der Waals surface area contributed by atoms with Gasteiger partial charge in [0.1, 0.15) is 17.3 Å². The summed E-state index contributed by atoms with van der Waals surface area (Å²) in [6.07, 6.45) is 3.84. The number of nitrogens with zero attached hydrogens (tertiary/aromatic N) is 2. The van der Waals surface area contributed by atoms with Crippen LogP contribution in [0, 0.1) is 11.7 Å². The zero-order chi connectivity index (χ0) is 21.1. The van der Waals surface area contributed by atoms with Gasteiger partial charge < -0.3 is 21.2 Å². The third-order valence-corrected chi connectivity index (χ3v) is 4.74. The quantitative estimate of drug-likeness (QED) is 0.349.